The largest absolute Gasteiger partial charge is 0.382 e. The lowest BCUT2D eigenvalue weighted by Gasteiger charge is -2.08. The Labute approximate surface area is 119 Å². The number of carbonyl (C=O) groups excluding carboxylic acids is 1. The molecule has 19 heavy (non-hydrogen) atoms. The van der Waals surface area contributed by atoms with E-state index in [1.807, 2.05) is 30.5 Å². The predicted octanol–water partition coefficient (Wildman–Crippen LogP) is 2.74. The minimum absolute atomic E-state index is 0.238. The van der Waals surface area contributed by atoms with Crippen LogP contribution in [0.3, 0.4) is 0 Å². The number of thioether (sulfide) groups is 1. The molecule has 0 aliphatic rings. The monoisotopic (exact) mass is 294 g/mol. The SMILES string of the molecule is CNc1nc(N)c(C(=O)Nc2ccccc2SC)s1. The fraction of sp³-hybridized carbons (Fsp3) is 0.167. The van der Waals surface area contributed by atoms with Gasteiger partial charge in [-0.15, -0.1) is 11.8 Å². The number of hydrogen-bond donors (Lipinski definition) is 3. The normalized spacial score (nSPS) is 10.2. The van der Waals surface area contributed by atoms with Crippen molar-refractivity contribution in [3.05, 3.63) is 29.1 Å². The summed E-state index contributed by atoms with van der Waals surface area (Å²) in [5.74, 6) is 0.00600. The summed E-state index contributed by atoms with van der Waals surface area (Å²) in [4.78, 5) is 17.7. The van der Waals surface area contributed by atoms with E-state index in [1.165, 1.54) is 11.3 Å². The summed E-state index contributed by atoms with van der Waals surface area (Å²) in [7, 11) is 1.74. The Morgan fingerprint density at radius 3 is 2.79 bits per heavy atom. The second-order valence-corrected chi connectivity index (χ2v) is 5.48. The van der Waals surface area contributed by atoms with Crippen molar-refractivity contribution in [3.63, 3.8) is 0 Å². The van der Waals surface area contributed by atoms with Gasteiger partial charge in [-0.1, -0.05) is 23.5 Å². The quantitative estimate of drug-likeness (QED) is 0.756. The summed E-state index contributed by atoms with van der Waals surface area (Å²) in [6, 6.07) is 7.63. The van der Waals surface area contributed by atoms with E-state index in [2.05, 4.69) is 15.6 Å². The Bertz CT molecular complexity index is 597. The molecule has 0 atom stereocenters. The van der Waals surface area contributed by atoms with Crippen molar-refractivity contribution in [1.82, 2.24) is 4.98 Å². The number of hydrogen-bond acceptors (Lipinski definition) is 6. The van der Waals surface area contributed by atoms with E-state index in [-0.39, 0.29) is 11.7 Å². The van der Waals surface area contributed by atoms with Crippen LogP contribution in [0.15, 0.2) is 29.2 Å². The summed E-state index contributed by atoms with van der Waals surface area (Å²) in [5.41, 5.74) is 6.51. The fourth-order valence-corrected chi connectivity index (χ4v) is 2.82. The maximum absolute atomic E-state index is 12.2. The van der Waals surface area contributed by atoms with E-state index in [0.29, 0.717) is 10.0 Å². The smallest absolute Gasteiger partial charge is 0.269 e. The molecule has 0 saturated carbocycles. The van der Waals surface area contributed by atoms with Gasteiger partial charge in [0.15, 0.2) is 5.13 Å². The van der Waals surface area contributed by atoms with Gasteiger partial charge in [0.1, 0.15) is 10.7 Å². The molecular weight excluding hydrogens is 280 g/mol. The van der Waals surface area contributed by atoms with Crippen LogP contribution in [0.25, 0.3) is 0 Å². The molecule has 0 spiro atoms. The highest BCUT2D eigenvalue weighted by Gasteiger charge is 2.16. The van der Waals surface area contributed by atoms with Crippen molar-refractivity contribution in [2.45, 2.75) is 4.90 Å². The highest BCUT2D eigenvalue weighted by atomic mass is 32.2. The van der Waals surface area contributed by atoms with Crippen molar-refractivity contribution in [2.75, 3.05) is 29.7 Å². The van der Waals surface area contributed by atoms with Gasteiger partial charge < -0.3 is 16.4 Å². The summed E-state index contributed by atoms with van der Waals surface area (Å²) in [6.45, 7) is 0. The van der Waals surface area contributed by atoms with Gasteiger partial charge in [-0.05, 0) is 18.4 Å². The lowest BCUT2D eigenvalue weighted by molar-refractivity contribution is 0.103. The van der Waals surface area contributed by atoms with Crippen LogP contribution in [0.1, 0.15) is 9.67 Å². The Kier molecular flexibility index (Phi) is 4.28. The van der Waals surface area contributed by atoms with E-state index in [0.717, 1.165) is 10.6 Å². The average molecular weight is 294 g/mol. The molecule has 1 aromatic carbocycles. The third kappa shape index (κ3) is 2.99. The van der Waals surface area contributed by atoms with Crippen LogP contribution in [-0.4, -0.2) is 24.2 Å². The highest BCUT2D eigenvalue weighted by molar-refractivity contribution is 7.98. The molecule has 0 unspecified atom stereocenters. The zero-order valence-electron chi connectivity index (χ0n) is 10.6. The number of benzene rings is 1. The van der Waals surface area contributed by atoms with Gasteiger partial charge >= 0.3 is 0 Å². The predicted molar refractivity (Wildman–Crippen MR) is 82.2 cm³/mol. The van der Waals surface area contributed by atoms with E-state index < -0.39 is 0 Å². The zero-order valence-corrected chi connectivity index (χ0v) is 12.2. The molecule has 0 bridgehead atoms. The molecule has 1 aromatic heterocycles. The number of aromatic nitrogens is 1. The summed E-state index contributed by atoms with van der Waals surface area (Å²) < 4.78 is 0. The number of para-hydroxylation sites is 1. The van der Waals surface area contributed by atoms with E-state index in [4.69, 9.17) is 5.73 Å². The van der Waals surface area contributed by atoms with Crippen LogP contribution in [-0.2, 0) is 0 Å². The molecule has 2 aromatic rings. The Hall–Kier alpha value is -1.73. The third-order valence-corrected chi connectivity index (χ3v) is 4.31. The molecule has 4 N–H and O–H groups in total. The van der Waals surface area contributed by atoms with Crippen molar-refractivity contribution < 1.29 is 4.79 Å². The zero-order chi connectivity index (χ0) is 13.8. The minimum atomic E-state index is -0.238. The van der Waals surface area contributed by atoms with Gasteiger partial charge in [0.05, 0.1) is 5.69 Å². The molecule has 1 heterocycles. The van der Waals surface area contributed by atoms with Crippen LogP contribution >= 0.6 is 23.1 Å². The van der Waals surface area contributed by atoms with Gasteiger partial charge in [-0.3, -0.25) is 4.79 Å². The van der Waals surface area contributed by atoms with Gasteiger partial charge in [-0.2, -0.15) is 0 Å². The first-order valence-electron chi connectivity index (χ1n) is 5.54. The van der Waals surface area contributed by atoms with E-state index in [9.17, 15) is 4.79 Å². The Morgan fingerprint density at radius 2 is 2.16 bits per heavy atom. The Balaban J connectivity index is 2.23. The molecule has 0 aliphatic heterocycles. The standard InChI is InChI=1S/C12H14N4OS2/c1-14-12-16-10(13)9(19-12)11(17)15-7-5-3-4-6-8(7)18-2/h3-6H,13H2,1-2H3,(H,14,16)(H,15,17). The van der Waals surface area contributed by atoms with Crippen LogP contribution in [0.5, 0.6) is 0 Å². The number of rotatable bonds is 4. The van der Waals surface area contributed by atoms with Crippen LogP contribution in [0.4, 0.5) is 16.6 Å². The first-order valence-corrected chi connectivity index (χ1v) is 7.58. The molecule has 0 fully saturated rings. The van der Waals surface area contributed by atoms with Crippen LogP contribution < -0.4 is 16.4 Å². The number of nitrogens with one attached hydrogen (secondary N) is 2. The summed E-state index contributed by atoms with van der Waals surface area (Å²) in [6.07, 6.45) is 1.96. The maximum atomic E-state index is 12.2. The van der Waals surface area contributed by atoms with E-state index in [1.54, 1.807) is 18.8 Å². The van der Waals surface area contributed by atoms with Gasteiger partial charge in [0.25, 0.3) is 5.91 Å². The molecule has 100 valence electrons. The van der Waals surface area contributed by atoms with E-state index >= 15 is 0 Å². The first-order chi connectivity index (χ1) is 9.15. The van der Waals surface area contributed by atoms with Gasteiger partial charge in [-0.25, -0.2) is 4.98 Å². The van der Waals surface area contributed by atoms with Crippen LogP contribution in [0, 0.1) is 0 Å². The summed E-state index contributed by atoms with van der Waals surface area (Å²) >= 11 is 2.81. The number of carbonyl (C=O) groups is 1. The van der Waals surface area contributed by atoms with Gasteiger partial charge in [0, 0.05) is 11.9 Å². The lowest BCUT2D eigenvalue weighted by Crippen LogP contribution is -2.12. The number of anilines is 3. The Morgan fingerprint density at radius 1 is 1.42 bits per heavy atom. The number of nitrogens with zero attached hydrogens (tertiary/aromatic N) is 1. The maximum Gasteiger partial charge on any atom is 0.269 e. The highest BCUT2D eigenvalue weighted by Crippen LogP contribution is 2.28. The number of nitrogens with two attached hydrogens (primary N) is 1. The second kappa shape index (κ2) is 5.94. The molecule has 2 rings (SSSR count). The van der Waals surface area contributed by atoms with Crippen molar-refractivity contribution >= 4 is 45.6 Å². The molecular formula is C12H14N4OS2. The first kappa shape index (κ1) is 13.7. The van der Waals surface area contributed by atoms with Crippen molar-refractivity contribution in [3.8, 4) is 0 Å². The van der Waals surface area contributed by atoms with Crippen molar-refractivity contribution in [2.24, 2.45) is 0 Å². The van der Waals surface area contributed by atoms with Crippen LogP contribution in [0.2, 0.25) is 0 Å². The number of amides is 1. The number of thiazole rings is 1. The molecule has 0 aliphatic carbocycles. The molecule has 1 amide bonds. The fourth-order valence-electron chi connectivity index (χ4n) is 1.53. The summed E-state index contributed by atoms with van der Waals surface area (Å²) in [5, 5.41) is 6.36. The van der Waals surface area contributed by atoms with Crippen molar-refractivity contribution in [1.29, 1.82) is 0 Å². The second-order valence-electron chi connectivity index (χ2n) is 3.64. The van der Waals surface area contributed by atoms with Gasteiger partial charge in [0.2, 0.25) is 0 Å². The number of nitrogen functional groups attached to an aromatic ring is 1. The third-order valence-electron chi connectivity index (χ3n) is 2.43. The minimum Gasteiger partial charge on any atom is -0.382 e. The lowest BCUT2D eigenvalue weighted by atomic mass is 10.3. The topological polar surface area (TPSA) is 80.0 Å². The molecule has 0 radical (unpaired) electrons. The molecule has 7 heteroatoms. The molecule has 0 saturated heterocycles. The average Bonchev–Trinajstić information content (AvgIpc) is 2.80. The molecule has 5 nitrogen and oxygen atoms in total.